The van der Waals surface area contributed by atoms with Crippen LogP contribution in [0.5, 0.6) is 0 Å². The smallest absolute Gasteiger partial charge is 0.123 e. The molecular weight excluding hydrogens is 705 g/mol. The van der Waals surface area contributed by atoms with Gasteiger partial charge in [0.1, 0.15) is 6.17 Å². The van der Waals surface area contributed by atoms with Gasteiger partial charge in [-0.25, -0.2) is 0 Å². The van der Waals surface area contributed by atoms with Gasteiger partial charge in [0.15, 0.2) is 0 Å². The highest BCUT2D eigenvalue weighted by Crippen LogP contribution is 2.57. The van der Waals surface area contributed by atoms with Crippen molar-refractivity contribution in [3.8, 4) is 22.9 Å². The lowest BCUT2D eigenvalue weighted by Gasteiger charge is -2.33. The number of hydrogen-bond donors (Lipinski definition) is 1. The molecule has 0 amide bonds. The molecule has 0 fully saturated rings. The SMILES string of the molecule is N#Cc1cccc(C(/C=C/c2ccccc2)=NC(N)c2cccc(-n3c4ccccc4c4cc5c(cc43)-c3ccccc3C5(c3ccccc3)c3ccccc3)c2)c1. The molecule has 4 heteroatoms. The Morgan fingerprint density at radius 3 is 2.02 bits per heavy atom. The highest BCUT2D eigenvalue weighted by atomic mass is 15.0. The highest BCUT2D eigenvalue weighted by Gasteiger charge is 2.46. The summed E-state index contributed by atoms with van der Waals surface area (Å²) < 4.78 is 2.37. The number of para-hydroxylation sites is 1. The molecule has 0 saturated heterocycles. The molecule has 8 aromatic carbocycles. The quantitative estimate of drug-likeness (QED) is 0.158. The molecule has 0 radical (unpaired) electrons. The zero-order valence-corrected chi connectivity index (χ0v) is 31.7. The molecule has 0 saturated carbocycles. The number of nitriles is 1. The summed E-state index contributed by atoms with van der Waals surface area (Å²) in [6.45, 7) is 0. The summed E-state index contributed by atoms with van der Waals surface area (Å²) in [5.74, 6) is 0. The van der Waals surface area contributed by atoms with E-state index in [2.05, 4.69) is 150 Å². The van der Waals surface area contributed by atoms with Crippen LogP contribution in [-0.2, 0) is 5.41 Å². The van der Waals surface area contributed by atoms with Gasteiger partial charge in [0.25, 0.3) is 0 Å². The number of nitrogens with two attached hydrogens (primary N) is 1. The second kappa shape index (κ2) is 14.5. The van der Waals surface area contributed by atoms with Crippen LogP contribution in [0.2, 0.25) is 0 Å². The molecule has 0 bridgehead atoms. The lowest BCUT2D eigenvalue weighted by molar-refractivity contribution is 0.769. The normalized spacial score (nSPS) is 13.7. The van der Waals surface area contributed by atoms with Gasteiger partial charge in [-0.05, 0) is 93.0 Å². The zero-order chi connectivity index (χ0) is 39.1. The third-order valence-corrected chi connectivity index (χ3v) is 11.5. The maximum atomic E-state index is 9.68. The van der Waals surface area contributed by atoms with Crippen LogP contribution < -0.4 is 5.73 Å². The zero-order valence-electron chi connectivity index (χ0n) is 31.7. The number of benzene rings is 8. The monoisotopic (exact) mass is 742 g/mol. The molecular formula is C54H38N4. The van der Waals surface area contributed by atoms with Gasteiger partial charge in [0.05, 0.1) is 33.8 Å². The topological polar surface area (TPSA) is 67.1 Å². The van der Waals surface area contributed by atoms with Crippen LogP contribution in [0.4, 0.5) is 0 Å². The van der Waals surface area contributed by atoms with E-state index in [1.807, 2.05) is 66.7 Å². The first-order chi connectivity index (χ1) is 28.6. The van der Waals surface area contributed by atoms with E-state index in [0.29, 0.717) is 11.3 Å². The summed E-state index contributed by atoms with van der Waals surface area (Å²) in [4.78, 5) is 5.09. The van der Waals surface area contributed by atoms with E-state index in [4.69, 9.17) is 10.7 Å². The number of nitrogens with zero attached hydrogens (tertiary/aromatic N) is 3. The van der Waals surface area contributed by atoms with E-state index in [1.54, 1.807) is 6.07 Å². The van der Waals surface area contributed by atoms with Crippen LogP contribution in [0.3, 0.4) is 0 Å². The number of rotatable bonds is 8. The van der Waals surface area contributed by atoms with Crippen LogP contribution in [0.25, 0.3) is 44.7 Å². The minimum absolute atomic E-state index is 0.490. The second-order valence-electron chi connectivity index (χ2n) is 14.8. The lowest BCUT2D eigenvalue weighted by atomic mass is 9.67. The fourth-order valence-corrected chi connectivity index (χ4v) is 8.95. The molecule has 2 N–H and O–H groups in total. The maximum absolute atomic E-state index is 9.68. The third-order valence-electron chi connectivity index (χ3n) is 11.5. The number of hydrogen-bond acceptors (Lipinski definition) is 3. The van der Waals surface area contributed by atoms with Crippen molar-refractivity contribution in [3.05, 3.63) is 251 Å². The van der Waals surface area contributed by atoms with Crippen molar-refractivity contribution in [2.24, 2.45) is 10.7 Å². The van der Waals surface area contributed by atoms with Crippen LogP contribution in [0.1, 0.15) is 50.7 Å². The van der Waals surface area contributed by atoms with Crippen molar-refractivity contribution in [2.45, 2.75) is 11.6 Å². The van der Waals surface area contributed by atoms with Crippen LogP contribution >= 0.6 is 0 Å². The number of fused-ring (bicyclic) bond motifs is 6. The van der Waals surface area contributed by atoms with E-state index in [1.165, 1.54) is 44.2 Å². The van der Waals surface area contributed by atoms with Gasteiger partial charge in [0, 0.05) is 22.0 Å². The molecule has 1 aliphatic carbocycles. The first-order valence-corrected chi connectivity index (χ1v) is 19.6. The van der Waals surface area contributed by atoms with Gasteiger partial charge < -0.3 is 10.3 Å². The fourth-order valence-electron chi connectivity index (χ4n) is 8.95. The van der Waals surface area contributed by atoms with Gasteiger partial charge in [-0.2, -0.15) is 5.26 Å². The molecule has 1 aliphatic rings. The van der Waals surface area contributed by atoms with Gasteiger partial charge in [-0.1, -0.05) is 164 Å². The summed E-state index contributed by atoms with van der Waals surface area (Å²) in [5.41, 5.74) is 21.3. The minimum Gasteiger partial charge on any atom is -0.309 e. The lowest BCUT2D eigenvalue weighted by Crippen LogP contribution is -2.28. The Morgan fingerprint density at radius 1 is 0.586 bits per heavy atom. The van der Waals surface area contributed by atoms with E-state index in [-0.39, 0.29) is 0 Å². The molecule has 0 aliphatic heterocycles. The van der Waals surface area contributed by atoms with Crippen LogP contribution in [0.15, 0.2) is 211 Å². The molecule has 1 aromatic heterocycles. The molecule has 4 nitrogen and oxygen atoms in total. The van der Waals surface area contributed by atoms with Crippen molar-refractivity contribution in [3.63, 3.8) is 0 Å². The third kappa shape index (κ3) is 5.77. The Bertz CT molecular complexity index is 3040. The molecule has 0 spiro atoms. The van der Waals surface area contributed by atoms with E-state index in [9.17, 15) is 5.26 Å². The van der Waals surface area contributed by atoms with Crippen molar-refractivity contribution in [1.82, 2.24) is 4.57 Å². The summed E-state index contributed by atoms with van der Waals surface area (Å²) in [6.07, 6.45) is 3.34. The predicted octanol–water partition coefficient (Wildman–Crippen LogP) is 12.2. The summed E-state index contributed by atoms with van der Waals surface area (Å²) >= 11 is 0. The molecule has 274 valence electrons. The standard InChI is InChI=1S/C54H38N4/c55-36-38-18-14-19-39(32-38)50(31-30-37-16-4-1-5-17-37)57-53(56)40-20-15-25-43(33-40)58-51-29-13-11-27-45(51)47-34-49-46(35-52(47)58)44-26-10-12-28-48(44)54(49,41-21-6-2-7-22-41)42-23-8-3-9-24-42/h1-35,53H,56H2/b31-30+,57-50?. The first-order valence-electron chi connectivity index (χ1n) is 19.6. The number of allylic oxidation sites excluding steroid dienone is 1. The fraction of sp³-hybridized carbons (Fsp3) is 0.0370. The van der Waals surface area contributed by atoms with E-state index < -0.39 is 11.6 Å². The van der Waals surface area contributed by atoms with Gasteiger partial charge in [-0.15, -0.1) is 0 Å². The minimum atomic E-state index is -0.664. The van der Waals surface area contributed by atoms with Crippen molar-refractivity contribution in [1.29, 1.82) is 5.26 Å². The average Bonchev–Trinajstić information content (AvgIpc) is 3.78. The number of aromatic nitrogens is 1. The summed E-state index contributed by atoms with van der Waals surface area (Å²) in [5, 5.41) is 12.1. The van der Waals surface area contributed by atoms with E-state index in [0.717, 1.165) is 33.4 Å². The Morgan fingerprint density at radius 2 is 1.26 bits per heavy atom. The Labute approximate surface area is 338 Å². The van der Waals surface area contributed by atoms with Crippen LogP contribution in [-0.4, -0.2) is 10.3 Å². The molecule has 10 rings (SSSR count). The van der Waals surface area contributed by atoms with Gasteiger partial charge in [0.2, 0.25) is 0 Å². The molecule has 1 heterocycles. The summed E-state index contributed by atoms with van der Waals surface area (Å²) in [6, 6.07) is 72.6. The summed E-state index contributed by atoms with van der Waals surface area (Å²) in [7, 11) is 0. The van der Waals surface area contributed by atoms with Gasteiger partial charge in [-0.3, -0.25) is 4.99 Å². The Kier molecular flexibility index (Phi) is 8.71. The van der Waals surface area contributed by atoms with E-state index >= 15 is 0 Å². The van der Waals surface area contributed by atoms with Crippen molar-refractivity contribution >= 4 is 33.6 Å². The van der Waals surface area contributed by atoms with Crippen molar-refractivity contribution < 1.29 is 0 Å². The Hall–Kier alpha value is -7.58. The predicted molar refractivity (Wildman–Crippen MR) is 238 cm³/mol. The highest BCUT2D eigenvalue weighted by molar-refractivity contribution is 6.12. The second-order valence-corrected chi connectivity index (χ2v) is 14.8. The molecule has 58 heavy (non-hydrogen) atoms. The van der Waals surface area contributed by atoms with Crippen molar-refractivity contribution in [2.75, 3.05) is 0 Å². The first kappa shape index (κ1) is 34.9. The Balaban J connectivity index is 1.15. The maximum Gasteiger partial charge on any atom is 0.123 e. The number of aliphatic imine (C=N–C) groups is 1. The molecule has 9 aromatic rings. The molecule has 1 atom stereocenters. The largest absolute Gasteiger partial charge is 0.309 e. The van der Waals surface area contributed by atoms with Crippen LogP contribution in [0, 0.1) is 11.3 Å². The average molecular weight is 743 g/mol. The van der Waals surface area contributed by atoms with Gasteiger partial charge >= 0.3 is 0 Å². The molecule has 1 unspecified atom stereocenters.